The molecule has 8 heteroatoms. The van der Waals surface area contributed by atoms with Crippen LogP contribution in [0.25, 0.3) is 0 Å². The Morgan fingerprint density at radius 1 is 1.24 bits per heavy atom. The molecule has 0 unspecified atom stereocenters. The Hall–Kier alpha value is -1.38. The molecule has 2 rings (SSSR count). The van der Waals surface area contributed by atoms with Crippen LogP contribution in [0.3, 0.4) is 0 Å². The minimum absolute atomic E-state index is 0.240. The summed E-state index contributed by atoms with van der Waals surface area (Å²) in [5, 5.41) is 3.09. The van der Waals surface area contributed by atoms with E-state index in [4.69, 9.17) is 0 Å². The summed E-state index contributed by atoms with van der Waals surface area (Å²) in [5.41, 5.74) is 0. The molecule has 21 heavy (non-hydrogen) atoms. The van der Waals surface area contributed by atoms with Gasteiger partial charge in [-0.3, -0.25) is 4.79 Å². The van der Waals surface area contributed by atoms with Gasteiger partial charge in [-0.1, -0.05) is 0 Å². The lowest BCUT2D eigenvalue weighted by Crippen LogP contribution is -2.47. The fraction of sp³-hybridized carbons (Fsp3) is 0.615. The van der Waals surface area contributed by atoms with Crippen molar-refractivity contribution in [3.63, 3.8) is 0 Å². The van der Waals surface area contributed by atoms with E-state index in [0.717, 1.165) is 0 Å². The topological polar surface area (TPSA) is 92.3 Å². The van der Waals surface area contributed by atoms with Gasteiger partial charge in [0.2, 0.25) is 10.0 Å². The molecule has 0 saturated carbocycles. The fourth-order valence-electron chi connectivity index (χ4n) is 2.19. The molecule has 1 aliphatic heterocycles. The van der Waals surface area contributed by atoms with Gasteiger partial charge in [0.05, 0.1) is 0 Å². The number of rotatable bonds is 7. The summed E-state index contributed by atoms with van der Waals surface area (Å²) in [6.07, 6.45) is 4.70. The van der Waals surface area contributed by atoms with Gasteiger partial charge in [-0.15, -0.1) is 0 Å². The van der Waals surface area contributed by atoms with Crippen molar-refractivity contribution in [2.75, 3.05) is 31.9 Å². The summed E-state index contributed by atoms with van der Waals surface area (Å²) in [6, 6.07) is 1.73. The van der Waals surface area contributed by atoms with Crippen molar-refractivity contribution in [2.24, 2.45) is 0 Å². The maximum absolute atomic E-state index is 12.1. The van der Waals surface area contributed by atoms with E-state index in [1.54, 1.807) is 18.5 Å². The molecule has 116 valence electrons. The van der Waals surface area contributed by atoms with E-state index < -0.39 is 15.8 Å². The van der Waals surface area contributed by atoms with E-state index in [1.807, 2.05) is 0 Å². The molecule has 1 aromatic heterocycles. The number of aryl methyl sites for hydroxylation is 1. The van der Waals surface area contributed by atoms with E-state index in [0.29, 0.717) is 44.8 Å². The first-order chi connectivity index (χ1) is 10.1. The molecule has 0 aromatic carbocycles. The monoisotopic (exact) mass is 312 g/mol. The second-order valence-electron chi connectivity index (χ2n) is 4.96. The Morgan fingerprint density at radius 3 is 2.57 bits per heavy atom. The van der Waals surface area contributed by atoms with Crippen LogP contribution in [0.15, 0.2) is 18.5 Å². The zero-order chi connectivity index (χ0) is 15.1. The lowest BCUT2D eigenvalue weighted by atomic mass is 10.2. The number of ketones is 1. The predicted molar refractivity (Wildman–Crippen MR) is 78.2 cm³/mol. The molecule has 1 saturated heterocycles. The fourth-order valence-corrected chi connectivity index (χ4v) is 3.66. The average Bonchev–Trinajstić information content (AvgIpc) is 2.49. The second kappa shape index (κ2) is 7.58. The largest absolute Gasteiger partial charge is 0.314 e. The number of carbonyl (C=O) groups is 1. The highest BCUT2D eigenvalue weighted by Crippen LogP contribution is 2.06. The quantitative estimate of drug-likeness (QED) is 0.737. The molecule has 1 aromatic rings. The summed E-state index contributed by atoms with van der Waals surface area (Å²) in [6.45, 7) is 2.15. The SMILES string of the molecule is O=C(CCCc1ncccn1)CS(=O)(=O)N1CCNCC1. The number of carbonyl (C=O) groups excluding carboxylic acids is 1. The van der Waals surface area contributed by atoms with Crippen LogP contribution < -0.4 is 5.32 Å². The summed E-state index contributed by atoms with van der Waals surface area (Å²) in [7, 11) is -3.47. The molecule has 2 heterocycles. The van der Waals surface area contributed by atoms with E-state index in [-0.39, 0.29) is 12.2 Å². The maximum Gasteiger partial charge on any atom is 0.221 e. The highest BCUT2D eigenvalue weighted by Gasteiger charge is 2.26. The molecule has 1 N–H and O–H groups in total. The van der Waals surface area contributed by atoms with Gasteiger partial charge in [-0.2, -0.15) is 4.31 Å². The zero-order valence-electron chi connectivity index (χ0n) is 11.9. The van der Waals surface area contributed by atoms with E-state index >= 15 is 0 Å². The third-order valence-electron chi connectivity index (χ3n) is 3.29. The summed E-state index contributed by atoms with van der Waals surface area (Å²) < 4.78 is 25.6. The van der Waals surface area contributed by atoms with Gasteiger partial charge in [0.25, 0.3) is 0 Å². The van der Waals surface area contributed by atoms with Crippen LogP contribution in [0.1, 0.15) is 18.7 Å². The van der Waals surface area contributed by atoms with Gasteiger partial charge < -0.3 is 5.32 Å². The summed E-state index contributed by atoms with van der Waals surface area (Å²) in [5.74, 6) is 0.0301. The zero-order valence-corrected chi connectivity index (χ0v) is 12.7. The van der Waals surface area contributed by atoms with Crippen molar-refractivity contribution >= 4 is 15.8 Å². The molecule has 0 amide bonds. The van der Waals surface area contributed by atoms with Crippen molar-refractivity contribution in [1.29, 1.82) is 0 Å². The Balaban J connectivity index is 1.76. The standard InChI is InChI=1S/C13H20N4O3S/c18-12(3-1-4-13-15-5-2-6-16-13)11-21(19,20)17-9-7-14-8-10-17/h2,5-6,14H,1,3-4,7-11H2. The molecule has 0 atom stereocenters. The van der Waals surface area contributed by atoms with Crippen LogP contribution in [0, 0.1) is 0 Å². The highest BCUT2D eigenvalue weighted by atomic mass is 32.2. The second-order valence-corrected chi connectivity index (χ2v) is 6.93. The molecule has 0 bridgehead atoms. The van der Waals surface area contributed by atoms with Crippen molar-refractivity contribution < 1.29 is 13.2 Å². The molecule has 1 fully saturated rings. The van der Waals surface area contributed by atoms with Crippen LogP contribution in [0.4, 0.5) is 0 Å². The van der Waals surface area contributed by atoms with Crippen molar-refractivity contribution in [1.82, 2.24) is 19.6 Å². The molecule has 0 radical (unpaired) electrons. The molecule has 7 nitrogen and oxygen atoms in total. The van der Waals surface area contributed by atoms with Gasteiger partial charge in [0.1, 0.15) is 17.4 Å². The Bertz CT molecular complexity index is 556. The number of Topliss-reactive ketones (excluding diaryl/α,β-unsaturated/α-hetero) is 1. The maximum atomic E-state index is 12.1. The lowest BCUT2D eigenvalue weighted by molar-refractivity contribution is -0.116. The van der Waals surface area contributed by atoms with Gasteiger partial charge >= 0.3 is 0 Å². The summed E-state index contributed by atoms with van der Waals surface area (Å²) in [4.78, 5) is 20.0. The van der Waals surface area contributed by atoms with Crippen LogP contribution >= 0.6 is 0 Å². The van der Waals surface area contributed by atoms with Gasteiger partial charge in [-0.05, 0) is 12.5 Å². The number of hydrogen-bond acceptors (Lipinski definition) is 6. The van der Waals surface area contributed by atoms with E-state index in [2.05, 4.69) is 15.3 Å². The van der Waals surface area contributed by atoms with Crippen LogP contribution in [0.2, 0.25) is 0 Å². The smallest absolute Gasteiger partial charge is 0.221 e. The number of nitrogens with zero attached hydrogens (tertiary/aromatic N) is 3. The molecular formula is C13H20N4O3S. The van der Waals surface area contributed by atoms with Crippen molar-refractivity contribution in [3.8, 4) is 0 Å². The number of piperazine rings is 1. The first kappa shape index (κ1) is 16.0. The van der Waals surface area contributed by atoms with Gasteiger partial charge in [0, 0.05) is 51.4 Å². The lowest BCUT2D eigenvalue weighted by Gasteiger charge is -2.26. The Kier molecular flexibility index (Phi) is 5.77. The number of sulfonamides is 1. The normalized spacial score (nSPS) is 16.8. The van der Waals surface area contributed by atoms with Crippen molar-refractivity contribution in [2.45, 2.75) is 19.3 Å². The third kappa shape index (κ3) is 5.14. The minimum Gasteiger partial charge on any atom is -0.314 e. The van der Waals surface area contributed by atoms with Gasteiger partial charge in [-0.25, -0.2) is 18.4 Å². The first-order valence-electron chi connectivity index (χ1n) is 7.04. The molecule has 1 aliphatic rings. The highest BCUT2D eigenvalue weighted by molar-refractivity contribution is 7.89. The number of aromatic nitrogens is 2. The summed E-state index contributed by atoms with van der Waals surface area (Å²) >= 11 is 0. The Morgan fingerprint density at radius 2 is 1.90 bits per heavy atom. The Labute approximate surface area is 124 Å². The van der Waals surface area contributed by atoms with Crippen LogP contribution in [-0.4, -0.2) is 60.4 Å². The van der Waals surface area contributed by atoms with Crippen LogP contribution in [0.5, 0.6) is 0 Å². The van der Waals surface area contributed by atoms with Gasteiger partial charge in [0.15, 0.2) is 0 Å². The number of hydrogen-bond donors (Lipinski definition) is 1. The minimum atomic E-state index is -3.47. The first-order valence-corrected chi connectivity index (χ1v) is 8.65. The van der Waals surface area contributed by atoms with Crippen molar-refractivity contribution in [3.05, 3.63) is 24.3 Å². The van der Waals surface area contributed by atoms with Crippen LogP contribution in [-0.2, 0) is 21.2 Å². The average molecular weight is 312 g/mol. The van der Waals surface area contributed by atoms with E-state index in [9.17, 15) is 13.2 Å². The molecule has 0 aliphatic carbocycles. The molecule has 0 spiro atoms. The molecular weight excluding hydrogens is 292 g/mol. The predicted octanol–water partition coefficient (Wildman–Crippen LogP) is -0.397. The third-order valence-corrected chi connectivity index (χ3v) is 5.13. The number of nitrogens with one attached hydrogen (secondary N) is 1. The van der Waals surface area contributed by atoms with E-state index in [1.165, 1.54) is 4.31 Å².